The highest BCUT2D eigenvalue weighted by Gasteiger charge is 2.31. The zero-order valence-electron chi connectivity index (χ0n) is 9.18. The van der Waals surface area contributed by atoms with E-state index in [0.717, 1.165) is 19.3 Å². The Morgan fingerprint density at radius 3 is 2.19 bits per heavy atom. The van der Waals surface area contributed by atoms with Crippen LogP contribution in [0.4, 0.5) is 8.78 Å². The Balaban J connectivity index is 2.19. The molecule has 0 bridgehead atoms. The number of hydrogen-bond acceptors (Lipinski definition) is 1. The molecule has 0 spiro atoms. The molecule has 1 fully saturated rings. The molecule has 1 aliphatic rings. The van der Waals surface area contributed by atoms with Crippen LogP contribution in [0.1, 0.15) is 37.7 Å². The van der Waals surface area contributed by atoms with Crippen molar-refractivity contribution in [2.24, 2.45) is 0 Å². The van der Waals surface area contributed by atoms with Gasteiger partial charge < -0.3 is 5.11 Å². The van der Waals surface area contributed by atoms with Crippen LogP contribution in [-0.4, -0.2) is 10.7 Å². The van der Waals surface area contributed by atoms with Crippen LogP contribution >= 0.6 is 0 Å². The lowest BCUT2D eigenvalue weighted by molar-refractivity contribution is 0.00305. The lowest BCUT2D eigenvalue weighted by Gasteiger charge is -2.32. The first kappa shape index (κ1) is 11.5. The topological polar surface area (TPSA) is 20.2 Å². The maximum atomic E-state index is 13.4. The summed E-state index contributed by atoms with van der Waals surface area (Å²) in [6.07, 6.45) is 4.34. The van der Waals surface area contributed by atoms with Crippen molar-refractivity contribution in [1.29, 1.82) is 0 Å². The van der Waals surface area contributed by atoms with Gasteiger partial charge in [0.2, 0.25) is 0 Å². The molecule has 0 aromatic heterocycles. The van der Waals surface area contributed by atoms with Crippen molar-refractivity contribution in [2.45, 2.75) is 44.1 Å². The summed E-state index contributed by atoms with van der Waals surface area (Å²) in [5.74, 6) is -1.11. The number of aliphatic hydroxyl groups is 1. The van der Waals surface area contributed by atoms with Crippen molar-refractivity contribution in [2.75, 3.05) is 0 Å². The summed E-state index contributed by atoms with van der Waals surface area (Å²) >= 11 is 0. The molecule has 1 N–H and O–H groups in total. The predicted molar refractivity (Wildman–Crippen MR) is 58.1 cm³/mol. The van der Waals surface area contributed by atoms with Crippen molar-refractivity contribution in [3.8, 4) is 0 Å². The molecule has 1 aromatic rings. The van der Waals surface area contributed by atoms with Crippen molar-refractivity contribution in [3.63, 3.8) is 0 Å². The monoisotopic (exact) mass is 226 g/mol. The fourth-order valence-electron chi connectivity index (χ4n) is 2.42. The van der Waals surface area contributed by atoms with Gasteiger partial charge in [-0.15, -0.1) is 0 Å². The highest BCUT2D eigenvalue weighted by atomic mass is 19.1. The highest BCUT2D eigenvalue weighted by Crippen LogP contribution is 2.32. The normalized spacial score (nSPS) is 19.7. The van der Waals surface area contributed by atoms with Crippen LogP contribution in [0.2, 0.25) is 0 Å². The molecule has 88 valence electrons. The third-order valence-corrected chi connectivity index (χ3v) is 3.35. The van der Waals surface area contributed by atoms with Crippen LogP contribution in [0.15, 0.2) is 18.2 Å². The van der Waals surface area contributed by atoms with Crippen LogP contribution in [0, 0.1) is 11.6 Å². The second-order valence-electron chi connectivity index (χ2n) is 4.66. The molecule has 0 amide bonds. The van der Waals surface area contributed by atoms with Crippen molar-refractivity contribution < 1.29 is 13.9 Å². The highest BCUT2D eigenvalue weighted by molar-refractivity contribution is 5.21. The lowest BCUT2D eigenvalue weighted by Crippen LogP contribution is -2.34. The average Bonchev–Trinajstić information content (AvgIpc) is 2.25. The van der Waals surface area contributed by atoms with Crippen molar-refractivity contribution in [3.05, 3.63) is 35.4 Å². The van der Waals surface area contributed by atoms with Gasteiger partial charge in [-0.2, -0.15) is 0 Å². The Morgan fingerprint density at radius 2 is 1.62 bits per heavy atom. The molecular formula is C13H16F2O. The van der Waals surface area contributed by atoms with Gasteiger partial charge in [0.05, 0.1) is 5.60 Å². The van der Waals surface area contributed by atoms with Gasteiger partial charge >= 0.3 is 0 Å². The van der Waals surface area contributed by atoms with Crippen molar-refractivity contribution >= 4 is 0 Å². The molecule has 3 heteroatoms. The molecule has 0 saturated heterocycles. The minimum atomic E-state index is -0.915. The Labute approximate surface area is 94.1 Å². The summed E-state index contributed by atoms with van der Waals surface area (Å²) in [6, 6.07) is 3.83. The smallest absolute Gasteiger partial charge is 0.129 e. The SMILES string of the molecule is OC1(Cc2c(F)cccc2F)CCCCC1. The number of rotatable bonds is 2. The zero-order valence-corrected chi connectivity index (χ0v) is 9.18. The van der Waals surface area contributed by atoms with Gasteiger partial charge in [0, 0.05) is 12.0 Å². The molecule has 0 atom stereocenters. The van der Waals surface area contributed by atoms with Crippen molar-refractivity contribution in [1.82, 2.24) is 0 Å². The average molecular weight is 226 g/mol. The second kappa shape index (κ2) is 4.50. The van der Waals surface area contributed by atoms with E-state index in [1.807, 2.05) is 0 Å². The molecule has 1 aliphatic carbocycles. The van der Waals surface area contributed by atoms with E-state index in [4.69, 9.17) is 0 Å². The standard InChI is InChI=1S/C13H16F2O/c14-11-5-4-6-12(15)10(11)9-13(16)7-2-1-3-8-13/h4-6,16H,1-3,7-9H2. The molecule has 0 aliphatic heterocycles. The fraction of sp³-hybridized carbons (Fsp3) is 0.538. The third-order valence-electron chi connectivity index (χ3n) is 3.35. The molecule has 1 nitrogen and oxygen atoms in total. The fourth-order valence-corrected chi connectivity index (χ4v) is 2.42. The first-order valence-electron chi connectivity index (χ1n) is 5.76. The van der Waals surface area contributed by atoms with Crippen LogP contribution < -0.4 is 0 Å². The summed E-state index contributed by atoms with van der Waals surface area (Å²) in [5, 5.41) is 10.2. The summed E-state index contributed by atoms with van der Waals surface area (Å²) in [5.41, 5.74) is -0.895. The first-order valence-corrected chi connectivity index (χ1v) is 5.76. The van der Waals surface area contributed by atoms with Gasteiger partial charge in [0.15, 0.2) is 0 Å². The molecule has 0 heterocycles. The lowest BCUT2D eigenvalue weighted by atomic mass is 9.80. The predicted octanol–water partition coefficient (Wildman–Crippen LogP) is 3.20. The number of halogens is 2. The zero-order chi connectivity index (χ0) is 11.6. The van der Waals surface area contributed by atoms with Crippen LogP contribution in [0.5, 0.6) is 0 Å². The van der Waals surface area contributed by atoms with E-state index in [2.05, 4.69) is 0 Å². The Kier molecular flexibility index (Phi) is 3.24. The molecule has 1 aromatic carbocycles. The molecule has 16 heavy (non-hydrogen) atoms. The molecule has 0 radical (unpaired) electrons. The van der Waals surface area contributed by atoms with Gasteiger partial charge in [-0.05, 0) is 25.0 Å². The van der Waals surface area contributed by atoms with Gasteiger partial charge in [-0.1, -0.05) is 25.3 Å². The van der Waals surface area contributed by atoms with Gasteiger partial charge in [0.1, 0.15) is 11.6 Å². The van der Waals surface area contributed by atoms with E-state index < -0.39 is 17.2 Å². The molecule has 1 saturated carbocycles. The molecule has 0 unspecified atom stereocenters. The maximum Gasteiger partial charge on any atom is 0.129 e. The van der Waals surface area contributed by atoms with Crippen LogP contribution in [0.25, 0.3) is 0 Å². The quantitative estimate of drug-likeness (QED) is 0.821. The van der Waals surface area contributed by atoms with E-state index in [1.54, 1.807) is 0 Å². The third kappa shape index (κ3) is 2.40. The molecular weight excluding hydrogens is 210 g/mol. The Morgan fingerprint density at radius 1 is 1.06 bits per heavy atom. The van der Waals surface area contributed by atoms with E-state index >= 15 is 0 Å². The maximum absolute atomic E-state index is 13.4. The van der Waals surface area contributed by atoms with E-state index in [0.29, 0.717) is 12.8 Å². The van der Waals surface area contributed by atoms with Gasteiger partial charge in [-0.25, -0.2) is 8.78 Å². The number of benzene rings is 1. The van der Waals surface area contributed by atoms with Crippen LogP contribution in [0.3, 0.4) is 0 Å². The summed E-state index contributed by atoms with van der Waals surface area (Å²) in [6.45, 7) is 0. The summed E-state index contributed by atoms with van der Waals surface area (Å²) < 4.78 is 26.8. The summed E-state index contributed by atoms with van der Waals surface area (Å²) in [4.78, 5) is 0. The Hall–Kier alpha value is -0.960. The Bertz CT molecular complexity index is 350. The summed E-state index contributed by atoms with van der Waals surface area (Å²) in [7, 11) is 0. The largest absolute Gasteiger partial charge is 0.390 e. The minimum Gasteiger partial charge on any atom is -0.390 e. The van der Waals surface area contributed by atoms with E-state index in [1.165, 1.54) is 18.2 Å². The molecule has 2 rings (SSSR count). The van der Waals surface area contributed by atoms with Gasteiger partial charge in [-0.3, -0.25) is 0 Å². The number of hydrogen-bond donors (Lipinski definition) is 1. The van der Waals surface area contributed by atoms with Gasteiger partial charge in [0.25, 0.3) is 0 Å². The minimum absolute atomic E-state index is 0.0203. The van der Waals surface area contributed by atoms with E-state index in [9.17, 15) is 13.9 Å². The van der Waals surface area contributed by atoms with E-state index in [-0.39, 0.29) is 12.0 Å². The second-order valence-corrected chi connectivity index (χ2v) is 4.66. The first-order chi connectivity index (χ1) is 7.61. The van der Waals surface area contributed by atoms with Crippen LogP contribution in [-0.2, 0) is 6.42 Å².